The average molecular weight is 204 g/mol. The van der Waals surface area contributed by atoms with Gasteiger partial charge in [-0.1, -0.05) is 11.6 Å². The van der Waals surface area contributed by atoms with Gasteiger partial charge in [-0.25, -0.2) is 4.98 Å². The number of hydrogen-bond donors (Lipinski definition) is 1. The van der Waals surface area contributed by atoms with Crippen LogP contribution in [-0.4, -0.2) is 9.97 Å². The number of nitrogens with zero attached hydrogens (tertiary/aromatic N) is 2. The molecule has 0 atom stereocenters. The van der Waals surface area contributed by atoms with Crippen molar-refractivity contribution >= 4 is 27.7 Å². The molecule has 2 heterocycles. The maximum atomic E-state index is 8.47. The van der Waals surface area contributed by atoms with Crippen LogP contribution in [0.1, 0.15) is 5.56 Å². The fourth-order valence-corrected chi connectivity index (χ4v) is 1.49. The van der Waals surface area contributed by atoms with Crippen molar-refractivity contribution in [3.05, 3.63) is 36.2 Å². The summed E-state index contributed by atoms with van der Waals surface area (Å²) >= 11 is 5.92. The monoisotopic (exact) mass is 203 g/mol. The molecule has 0 saturated carbocycles. The van der Waals surface area contributed by atoms with E-state index in [9.17, 15) is 0 Å². The lowest BCUT2D eigenvalue weighted by molar-refractivity contribution is 1.33. The molecule has 3 nitrogen and oxygen atoms in total. The lowest BCUT2D eigenvalue weighted by Gasteiger charge is -1.93. The minimum Gasteiger partial charge on any atom is -0.345 e. The number of aromatic amines is 1. The second-order valence-corrected chi connectivity index (χ2v) is 3.13. The topological polar surface area (TPSA) is 52.5 Å². The molecule has 68 valence electrons. The molecular weight excluding hydrogens is 198 g/mol. The van der Waals surface area contributed by atoms with Crippen LogP contribution < -0.4 is 0 Å². The third-order valence-corrected chi connectivity index (χ3v) is 2.21. The van der Waals surface area contributed by atoms with Crippen molar-refractivity contribution in [3.63, 3.8) is 0 Å². The summed E-state index contributed by atoms with van der Waals surface area (Å²) in [7, 11) is 0. The largest absolute Gasteiger partial charge is 0.345 e. The Bertz CT molecular complexity index is 534. The van der Waals surface area contributed by atoms with Crippen molar-refractivity contribution in [2.45, 2.75) is 0 Å². The molecule has 4 heteroatoms. The van der Waals surface area contributed by atoms with Crippen molar-refractivity contribution in [1.82, 2.24) is 9.97 Å². The van der Waals surface area contributed by atoms with Crippen LogP contribution in [0.3, 0.4) is 0 Å². The lowest BCUT2D eigenvalue weighted by atomic mass is 10.2. The Hall–Kier alpha value is -1.79. The zero-order valence-electron chi connectivity index (χ0n) is 7.16. The van der Waals surface area contributed by atoms with Gasteiger partial charge in [0.15, 0.2) is 0 Å². The second kappa shape index (κ2) is 3.52. The highest BCUT2D eigenvalue weighted by molar-refractivity contribution is 6.50. The molecule has 0 saturated heterocycles. The summed E-state index contributed by atoms with van der Waals surface area (Å²) in [6, 6.07) is 5.63. The molecule has 2 aromatic rings. The second-order valence-electron chi connectivity index (χ2n) is 2.72. The van der Waals surface area contributed by atoms with Gasteiger partial charge in [0, 0.05) is 29.4 Å². The van der Waals surface area contributed by atoms with Crippen molar-refractivity contribution in [2.24, 2.45) is 0 Å². The standard InChI is InChI=1S/C10H6ClN3/c11-9(3-4-12)8-6-14-10-7(8)2-1-5-13-10/h1-3,5-6H,(H,13,14)/b9-3-. The predicted molar refractivity (Wildman–Crippen MR) is 55.5 cm³/mol. The summed E-state index contributed by atoms with van der Waals surface area (Å²) in [6.07, 6.45) is 4.75. The van der Waals surface area contributed by atoms with E-state index in [1.807, 2.05) is 18.2 Å². The van der Waals surface area contributed by atoms with Gasteiger partial charge in [0.2, 0.25) is 0 Å². The summed E-state index contributed by atoms with van der Waals surface area (Å²) in [5, 5.41) is 9.81. The van der Waals surface area contributed by atoms with Crippen LogP contribution in [0.15, 0.2) is 30.6 Å². The maximum absolute atomic E-state index is 8.47. The van der Waals surface area contributed by atoms with Crippen LogP contribution >= 0.6 is 11.6 Å². The number of pyridine rings is 1. The fraction of sp³-hybridized carbons (Fsp3) is 0. The van der Waals surface area contributed by atoms with E-state index in [2.05, 4.69) is 9.97 Å². The zero-order valence-corrected chi connectivity index (χ0v) is 7.92. The third kappa shape index (κ3) is 1.36. The molecule has 0 bridgehead atoms. The summed E-state index contributed by atoms with van der Waals surface area (Å²) < 4.78 is 0. The van der Waals surface area contributed by atoms with Gasteiger partial charge in [-0.2, -0.15) is 5.26 Å². The summed E-state index contributed by atoms with van der Waals surface area (Å²) in [5.41, 5.74) is 1.57. The molecule has 0 aliphatic rings. The number of fused-ring (bicyclic) bond motifs is 1. The molecule has 0 aliphatic heterocycles. The van der Waals surface area contributed by atoms with Gasteiger partial charge in [0.1, 0.15) is 5.65 Å². The first kappa shape index (κ1) is 8.79. The summed E-state index contributed by atoms with van der Waals surface area (Å²) in [6.45, 7) is 0. The lowest BCUT2D eigenvalue weighted by Crippen LogP contribution is -1.75. The first-order valence-corrected chi connectivity index (χ1v) is 4.38. The number of rotatable bonds is 1. The first-order valence-electron chi connectivity index (χ1n) is 4.00. The van der Waals surface area contributed by atoms with E-state index in [0.717, 1.165) is 16.6 Å². The van der Waals surface area contributed by atoms with Crippen molar-refractivity contribution < 1.29 is 0 Å². The highest BCUT2D eigenvalue weighted by atomic mass is 35.5. The van der Waals surface area contributed by atoms with Gasteiger partial charge in [0.25, 0.3) is 0 Å². The van der Waals surface area contributed by atoms with E-state index in [4.69, 9.17) is 16.9 Å². The van der Waals surface area contributed by atoms with E-state index in [-0.39, 0.29) is 0 Å². The number of nitrogens with one attached hydrogen (secondary N) is 1. The van der Waals surface area contributed by atoms with Crippen LogP contribution in [0, 0.1) is 11.3 Å². The molecule has 0 spiro atoms. The quantitative estimate of drug-likeness (QED) is 0.725. The first-order chi connectivity index (χ1) is 6.83. The molecular formula is C10H6ClN3. The molecule has 0 amide bonds. The molecule has 1 N–H and O–H groups in total. The molecule has 0 unspecified atom stereocenters. The highest BCUT2D eigenvalue weighted by Crippen LogP contribution is 2.25. The SMILES string of the molecule is N#C/C=C(\Cl)c1c[nH]c2ncccc12. The molecule has 0 radical (unpaired) electrons. The van der Waals surface area contributed by atoms with Gasteiger partial charge in [-0.15, -0.1) is 0 Å². The van der Waals surface area contributed by atoms with Gasteiger partial charge in [-0.3, -0.25) is 0 Å². The van der Waals surface area contributed by atoms with Crippen molar-refractivity contribution in [3.8, 4) is 6.07 Å². The molecule has 0 aromatic carbocycles. The zero-order chi connectivity index (χ0) is 9.97. The Morgan fingerprint density at radius 2 is 2.50 bits per heavy atom. The van der Waals surface area contributed by atoms with Gasteiger partial charge >= 0.3 is 0 Å². The van der Waals surface area contributed by atoms with E-state index in [1.54, 1.807) is 12.4 Å². The fourth-order valence-electron chi connectivity index (χ4n) is 1.29. The van der Waals surface area contributed by atoms with Gasteiger partial charge < -0.3 is 4.98 Å². The smallest absolute Gasteiger partial charge is 0.137 e. The minimum absolute atomic E-state index is 0.423. The van der Waals surface area contributed by atoms with Crippen LogP contribution in [0.5, 0.6) is 0 Å². The Labute approximate surface area is 85.6 Å². The number of nitriles is 1. The normalized spacial score (nSPS) is 11.6. The van der Waals surface area contributed by atoms with E-state index < -0.39 is 0 Å². The molecule has 2 rings (SSSR count). The molecule has 2 aromatic heterocycles. The van der Waals surface area contributed by atoms with E-state index in [1.165, 1.54) is 6.08 Å². The molecule has 14 heavy (non-hydrogen) atoms. The third-order valence-electron chi connectivity index (χ3n) is 1.90. The number of allylic oxidation sites excluding steroid dienone is 1. The Balaban J connectivity index is 2.65. The van der Waals surface area contributed by atoms with E-state index >= 15 is 0 Å². The van der Waals surface area contributed by atoms with Crippen LogP contribution in [0.25, 0.3) is 16.1 Å². The number of halogens is 1. The summed E-state index contributed by atoms with van der Waals surface area (Å²) in [5.74, 6) is 0. The van der Waals surface area contributed by atoms with Gasteiger partial charge in [0.05, 0.1) is 11.1 Å². The number of hydrogen-bond acceptors (Lipinski definition) is 2. The Kier molecular flexibility index (Phi) is 2.21. The van der Waals surface area contributed by atoms with Crippen LogP contribution in [0.2, 0.25) is 0 Å². The molecule has 0 aliphatic carbocycles. The predicted octanol–water partition coefficient (Wildman–Crippen LogP) is 2.67. The van der Waals surface area contributed by atoms with Crippen LogP contribution in [-0.2, 0) is 0 Å². The minimum atomic E-state index is 0.423. The van der Waals surface area contributed by atoms with Crippen molar-refractivity contribution in [1.29, 1.82) is 5.26 Å². The van der Waals surface area contributed by atoms with E-state index in [0.29, 0.717) is 5.03 Å². The number of aromatic nitrogens is 2. The highest BCUT2D eigenvalue weighted by Gasteiger charge is 2.06. The maximum Gasteiger partial charge on any atom is 0.137 e. The average Bonchev–Trinajstić information content (AvgIpc) is 2.61. The van der Waals surface area contributed by atoms with Crippen LogP contribution in [0.4, 0.5) is 0 Å². The number of H-pyrrole nitrogens is 1. The Morgan fingerprint density at radius 1 is 1.64 bits per heavy atom. The van der Waals surface area contributed by atoms with Crippen molar-refractivity contribution in [2.75, 3.05) is 0 Å². The Morgan fingerprint density at radius 3 is 3.29 bits per heavy atom. The van der Waals surface area contributed by atoms with Gasteiger partial charge in [-0.05, 0) is 12.1 Å². The molecule has 0 fully saturated rings. The summed E-state index contributed by atoms with van der Waals surface area (Å²) in [4.78, 5) is 7.10.